The van der Waals surface area contributed by atoms with Gasteiger partial charge >= 0.3 is 6.09 Å². The van der Waals surface area contributed by atoms with Crippen molar-refractivity contribution in [3.63, 3.8) is 0 Å². The normalized spacial score (nSPS) is 11.0. The number of amides is 1. The molecule has 134 valence electrons. The van der Waals surface area contributed by atoms with Gasteiger partial charge in [0.25, 0.3) is 0 Å². The van der Waals surface area contributed by atoms with E-state index in [9.17, 15) is 4.79 Å². The van der Waals surface area contributed by atoms with Gasteiger partial charge in [0.1, 0.15) is 18.0 Å². The lowest BCUT2D eigenvalue weighted by atomic mass is 10.1. The second-order valence-corrected chi connectivity index (χ2v) is 7.14. The van der Waals surface area contributed by atoms with Gasteiger partial charge in [-0.2, -0.15) is 0 Å². The van der Waals surface area contributed by atoms with Gasteiger partial charge in [-0.05, 0) is 50.5 Å². The highest BCUT2D eigenvalue weighted by atomic mass is 35.5. The Morgan fingerprint density at radius 3 is 2.24 bits per heavy atom. The number of hydrogen-bond acceptors (Lipinski definition) is 3. The molecule has 0 saturated carbocycles. The molecule has 2 aromatic rings. The Hall–Kier alpha value is -2.20. The van der Waals surface area contributed by atoms with Gasteiger partial charge in [-0.25, -0.2) is 9.21 Å². The molecule has 0 fully saturated rings. The molecule has 0 aliphatic rings. The van der Waals surface area contributed by atoms with E-state index in [4.69, 9.17) is 21.3 Å². The smallest absolute Gasteiger partial charge is 0.425 e. The van der Waals surface area contributed by atoms with Gasteiger partial charge in [0.15, 0.2) is 0 Å². The Bertz CT molecular complexity index is 666. The molecular formula is C20H24ClNO3. The van der Waals surface area contributed by atoms with Crippen molar-refractivity contribution in [2.75, 3.05) is 6.54 Å². The minimum Gasteiger partial charge on any atom is -0.489 e. The van der Waals surface area contributed by atoms with E-state index >= 15 is 0 Å². The molecule has 0 radical (unpaired) electrons. The van der Waals surface area contributed by atoms with Crippen LogP contribution in [0.15, 0.2) is 54.6 Å². The second-order valence-electron chi connectivity index (χ2n) is 6.73. The number of benzene rings is 2. The predicted octanol–water partition coefficient (Wildman–Crippen LogP) is 5.20. The van der Waals surface area contributed by atoms with Crippen LogP contribution in [0.4, 0.5) is 4.79 Å². The van der Waals surface area contributed by atoms with Crippen LogP contribution in [0.5, 0.6) is 5.75 Å². The van der Waals surface area contributed by atoms with Crippen LogP contribution >= 0.6 is 11.8 Å². The van der Waals surface area contributed by atoms with E-state index in [-0.39, 0.29) is 0 Å². The van der Waals surface area contributed by atoms with E-state index in [1.54, 1.807) is 0 Å². The summed E-state index contributed by atoms with van der Waals surface area (Å²) in [6.45, 7) is 6.34. The van der Waals surface area contributed by atoms with Crippen LogP contribution < -0.4 is 4.74 Å². The van der Waals surface area contributed by atoms with Crippen molar-refractivity contribution < 1.29 is 14.3 Å². The maximum absolute atomic E-state index is 11.8. The highest BCUT2D eigenvalue weighted by Gasteiger charge is 2.20. The minimum absolute atomic E-state index is 0.376. The molecule has 4 nitrogen and oxygen atoms in total. The third kappa shape index (κ3) is 7.06. The van der Waals surface area contributed by atoms with E-state index in [1.165, 1.54) is 0 Å². The van der Waals surface area contributed by atoms with Gasteiger partial charge in [0.2, 0.25) is 0 Å². The number of hydrogen-bond donors (Lipinski definition) is 0. The Balaban J connectivity index is 1.79. The zero-order valence-corrected chi connectivity index (χ0v) is 15.6. The summed E-state index contributed by atoms with van der Waals surface area (Å²) in [7, 11) is 0. The fourth-order valence-corrected chi connectivity index (χ4v) is 2.24. The molecule has 25 heavy (non-hydrogen) atoms. The summed E-state index contributed by atoms with van der Waals surface area (Å²) in [5, 5.41) is 0. The highest BCUT2D eigenvalue weighted by Crippen LogP contribution is 2.16. The molecule has 2 aromatic carbocycles. The van der Waals surface area contributed by atoms with Crippen molar-refractivity contribution in [3.05, 3.63) is 65.7 Å². The molecule has 0 heterocycles. The number of ether oxygens (including phenoxy) is 2. The number of nitrogens with zero attached hydrogens (tertiary/aromatic N) is 1. The number of carbonyl (C=O) groups is 1. The Morgan fingerprint density at radius 1 is 1.00 bits per heavy atom. The monoisotopic (exact) mass is 361 g/mol. The maximum atomic E-state index is 11.8. The van der Waals surface area contributed by atoms with Crippen molar-refractivity contribution in [3.8, 4) is 5.75 Å². The van der Waals surface area contributed by atoms with Crippen molar-refractivity contribution >= 4 is 17.9 Å². The predicted molar refractivity (Wildman–Crippen MR) is 99.7 cm³/mol. The van der Waals surface area contributed by atoms with Crippen LogP contribution in [0, 0.1) is 0 Å². The Kier molecular flexibility index (Phi) is 6.71. The largest absolute Gasteiger partial charge is 0.489 e. The van der Waals surface area contributed by atoms with E-state index < -0.39 is 11.7 Å². The molecule has 2 rings (SSSR count). The first kappa shape index (κ1) is 19.1. The van der Waals surface area contributed by atoms with Gasteiger partial charge in [-0.1, -0.05) is 42.5 Å². The fraction of sp³-hybridized carbons (Fsp3) is 0.350. The highest BCUT2D eigenvalue weighted by molar-refractivity contribution is 6.20. The van der Waals surface area contributed by atoms with Crippen LogP contribution in [0.3, 0.4) is 0 Å². The first-order valence-electron chi connectivity index (χ1n) is 8.25. The van der Waals surface area contributed by atoms with Crippen molar-refractivity contribution in [2.24, 2.45) is 0 Å². The zero-order valence-electron chi connectivity index (χ0n) is 14.9. The molecule has 0 unspecified atom stereocenters. The van der Waals surface area contributed by atoms with Crippen molar-refractivity contribution in [1.82, 2.24) is 4.42 Å². The Morgan fingerprint density at radius 2 is 1.64 bits per heavy atom. The first-order chi connectivity index (χ1) is 11.8. The number of rotatable bonds is 6. The molecule has 0 aromatic heterocycles. The van der Waals surface area contributed by atoms with Gasteiger partial charge in [-0.3, -0.25) is 0 Å². The van der Waals surface area contributed by atoms with Gasteiger partial charge in [0, 0.05) is 18.3 Å². The summed E-state index contributed by atoms with van der Waals surface area (Å²) >= 11 is 5.97. The lowest BCUT2D eigenvalue weighted by Gasteiger charge is -2.22. The van der Waals surface area contributed by atoms with Crippen LogP contribution in [0.1, 0.15) is 31.9 Å². The standard InChI is InChI=1S/C20H24ClNO3/c1-20(2,3)25-19(23)22(21)14-13-16-9-11-18(12-10-16)24-15-17-7-5-4-6-8-17/h4-12H,13-15H2,1-3H3. The average molecular weight is 362 g/mol. The summed E-state index contributed by atoms with van der Waals surface area (Å²) in [6, 6.07) is 17.8. The van der Waals surface area contributed by atoms with Crippen LogP contribution in [-0.4, -0.2) is 22.7 Å². The zero-order chi connectivity index (χ0) is 18.3. The summed E-state index contributed by atoms with van der Waals surface area (Å²) in [5.74, 6) is 0.808. The average Bonchev–Trinajstić information content (AvgIpc) is 2.58. The fourth-order valence-electron chi connectivity index (χ4n) is 2.12. The summed E-state index contributed by atoms with van der Waals surface area (Å²) in [5.41, 5.74) is 1.64. The number of halogens is 1. The molecule has 0 saturated heterocycles. The SMILES string of the molecule is CC(C)(C)OC(=O)N(Cl)CCc1ccc(OCc2ccccc2)cc1. The summed E-state index contributed by atoms with van der Waals surface area (Å²) < 4.78 is 12.0. The second kappa shape index (κ2) is 8.77. The van der Waals surface area contributed by atoms with E-state index in [1.807, 2.05) is 75.4 Å². The van der Waals surface area contributed by atoms with Crippen LogP contribution in [-0.2, 0) is 17.8 Å². The van der Waals surface area contributed by atoms with Gasteiger partial charge < -0.3 is 9.47 Å². The third-order valence-electron chi connectivity index (χ3n) is 3.36. The summed E-state index contributed by atoms with van der Waals surface area (Å²) in [6.07, 6.45) is 0.110. The lowest BCUT2D eigenvalue weighted by molar-refractivity contribution is 0.0394. The molecule has 0 N–H and O–H groups in total. The van der Waals surface area contributed by atoms with E-state index in [0.29, 0.717) is 19.6 Å². The van der Waals surface area contributed by atoms with Crippen LogP contribution in [0.2, 0.25) is 0 Å². The quantitative estimate of drug-likeness (QED) is 0.664. The Labute approximate surface area is 154 Å². The molecule has 0 spiro atoms. The van der Waals surface area contributed by atoms with Gasteiger partial charge in [-0.15, -0.1) is 0 Å². The van der Waals surface area contributed by atoms with Gasteiger partial charge in [0.05, 0.1) is 0 Å². The van der Waals surface area contributed by atoms with Crippen molar-refractivity contribution in [1.29, 1.82) is 0 Å². The molecule has 5 heteroatoms. The topological polar surface area (TPSA) is 38.8 Å². The minimum atomic E-state index is -0.554. The molecule has 1 amide bonds. The summed E-state index contributed by atoms with van der Waals surface area (Å²) in [4.78, 5) is 11.8. The van der Waals surface area contributed by atoms with E-state index in [0.717, 1.165) is 21.3 Å². The maximum Gasteiger partial charge on any atom is 0.425 e. The number of carbonyl (C=O) groups excluding carboxylic acids is 1. The van der Waals surface area contributed by atoms with Crippen molar-refractivity contribution in [2.45, 2.75) is 39.4 Å². The molecular weight excluding hydrogens is 338 g/mol. The molecule has 0 bridgehead atoms. The first-order valence-corrected chi connectivity index (χ1v) is 8.59. The molecule has 0 aliphatic heterocycles. The molecule has 0 aliphatic carbocycles. The van der Waals surface area contributed by atoms with Crippen LogP contribution in [0.25, 0.3) is 0 Å². The van der Waals surface area contributed by atoms with E-state index in [2.05, 4.69) is 0 Å². The molecule has 0 atom stereocenters. The lowest BCUT2D eigenvalue weighted by Crippen LogP contribution is -2.32. The third-order valence-corrected chi connectivity index (χ3v) is 3.67.